The molecule has 2 aliphatic carbocycles. The summed E-state index contributed by atoms with van der Waals surface area (Å²) in [7, 11) is 0. The zero-order chi connectivity index (χ0) is 22.0. The van der Waals surface area contributed by atoms with Gasteiger partial charge in [0.15, 0.2) is 6.61 Å². The predicted molar refractivity (Wildman–Crippen MR) is 108 cm³/mol. The predicted octanol–water partition coefficient (Wildman–Crippen LogP) is 3.85. The van der Waals surface area contributed by atoms with E-state index in [-0.39, 0.29) is 5.69 Å². The minimum Gasteiger partial charge on any atom is -0.456 e. The molecule has 1 heterocycles. The fourth-order valence-corrected chi connectivity index (χ4v) is 5.12. The quantitative estimate of drug-likeness (QED) is 0.681. The standard InChI is InChI=1S/C22H27F3N2O4/c23-22(24,25)17-3-4-19(27-5-7-30-8-6-27)18(12-17)26-20(28)13-31-21(29)11-16-10-14-1-2-15(16)9-14/h3-4,12,14-16H,1-2,5-11,13H2,(H,26,28). The molecule has 0 aromatic heterocycles. The number of hydrogen-bond donors (Lipinski definition) is 1. The summed E-state index contributed by atoms with van der Waals surface area (Å²) < 4.78 is 49.9. The molecule has 1 saturated heterocycles. The maximum Gasteiger partial charge on any atom is 0.416 e. The molecule has 1 amide bonds. The Kier molecular flexibility index (Phi) is 6.41. The van der Waals surface area contributed by atoms with Crippen molar-refractivity contribution in [2.75, 3.05) is 43.1 Å². The van der Waals surface area contributed by atoms with Gasteiger partial charge in [0, 0.05) is 19.5 Å². The molecule has 3 atom stereocenters. The van der Waals surface area contributed by atoms with Crippen LogP contribution >= 0.6 is 0 Å². The molecule has 170 valence electrons. The minimum absolute atomic E-state index is 0.0471. The van der Waals surface area contributed by atoms with Crippen molar-refractivity contribution in [3.8, 4) is 0 Å². The lowest BCUT2D eigenvalue weighted by Gasteiger charge is -2.31. The number of hydrogen-bond acceptors (Lipinski definition) is 5. The first-order chi connectivity index (χ1) is 14.8. The largest absolute Gasteiger partial charge is 0.456 e. The van der Waals surface area contributed by atoms with Crippen LogP contribution in [-0.2, 0) is 25.2 Å². The van der Waals surface area contributed by atoms with Crippen molar-refractivity contribution in [2.45, 2.75) is 38.3 Å². The van der Waals surface area contributed by atoms with Crippen molar-refractivity contribution >= 4 is 23.3 Å². The Labute approximate surface area is 179 Å². The number of fused-ring (bicyclic) bond motifs is 2. The van der Waals surface area contributed by atoms with Crippen LogP contribution in [0.25, 0.3) is 0 Å². The van der Waals surface area contributed by atoms with Crippen molar-refractivity contribution in [1.29, 1.82) is 0 Å². The number of nitrogens with one attached hydrogen (secondary N) is 1. The summed E-state index contributed by atoms with van der Waals surface area (Å²) in [6.07, 6.45) is 0.384. The van der Waals surface area contributed by atoms with Crippen molar-refractivity contribution in [3.05, 3.63) is 23.8 Å². The molecule has 1 aromatic rings. The van der Waals surface area contributed by atoms with E-state index < -0.39 is 30.2 Å². The third-order valence-corrected chi connectivity index (χ3v) is 6.63. The van der Waals surface area contributed by atoms with E-state index in [1.165, 1.54) is 18.9 Å². The van der Waals surface area contributed by atoms with Crippen LogP contribution in [0, 0.1) is 17.8 Å². The molecule has 3 unspecified atom stereocenters. The average Bonchev–Trinajstić information content (AvgIpc) is 3.35. The molecule has 9 heteroatoms. The number of carbonyl (C=O) groups is 2. The molecule has 1 aliphatic heterocycles. The van der Waals surface area contributed by atoms with Gasteiger partial charge in [0.25, 0.3) is 5.91 Å². The normalized spacial score (nSPS) is 25.5. The SMILES string of the molecule is O=C(COC(=O)CC1CC2CCC1C2)Nc1cc(C(F)(F)F)ccc1N1CCOCC1. The highest BCUT2D eigenvalue weighted by molar-refractivity contribution is 5.96. The van der Waals surface area contributed by atoms with Crippen LogP contribution in [0.4, 0.5) is 24.5 Å². The molecule has 1 aromatic carbocycles. The van der Waals surface area contributed by atoms with Crippen LogP contribution < -0.4 is 10.2 Å². The molecule has 1 N–H and O–H groups in total. The van der Waals surface area contributed by atoms with E-state index >= 15 is 0 Å². The Morgan fingerprint density at radius 3 is 2.58 bits per heavy atom. The number of ether oxygens (including phenoxy) is 2. The van der Waals surface area contributed by atoms with Crippen LogP contribution in [0.2, 0.25) is 0 Å². The monoisotopic (exact) mass is 440 g/mol. The van der Waals surface area contributed by atoms with Crippen LogP contribution in [-0.4, -0.2) is 44.8 Å². The number of nitrogens with zero attached hydrogens (tertiary/aromatic N) is 1. The van der Waals surface area contributed by atoms with Crippen LogP contribution in [0.5, 0.6) is 0 Å². The van der Waals surface area contributed by atoms with Crippen molar-refractivity contribution in [1.82, 2.24) is 0 Å². The summed E-state index contributed by atoms with van der Waals surface area (Å²) >= 11 is 0. The fraction of sp³-hybridized carbons (Fsp3) is 0.636. The first-order valence-corrected chi connectivity index (χ1v) is 10.8. The van der Waals surface area contributed by atoms with Gasteiger partial charge in [-0.1, -0.05) is 6.42 Å². The Morgan fingerprint density at radius 2 is 1.94 bits per heavy atom. The summed E-state index contributed by atoms with van der Waals surface area (Å²) in [6.45, 7) is 1.40. The zero-order valence-corrected chi connectivity index (χ0v) is 17.2. The molecule has 3 fully saturated rings. The molecule has 2 saturated carbocycles. The number of anilines is 2. The van der Waals surface area contributed by atoms with E-state index in [1.54, 1.807) is 0 Å². The highest BCUT2D eigenvalue weighted by Gasteiger charge is 2.40. The van der Waals surface area contributed by atoms with Gasteiger partial charge in [-0.2, -0.15) is 13.2 Å². The summed E-state index contributed by atoms with van der Waals surface area (Å²) in [4.78, 5) is 26.4. The summed E-state index contributed by atoms with van der Waals surface area (Å²) in [6, 6.07) is 3.26. The zero-order valence-electron chi connectivity index (χ0n) is 17.2. The summed E-state index contributed by atoms with van der Waals surface area (Å²) in [5, 5.41) is 2.50. The van der Waals surface area contributed by atoms with Gasteiger partial charge in [-0.3, -0.25) is 9.59 Å². The summed E-state index contributed by atoms with van der Waals surface area (Å²) in [5.74, 6) is 0.532. The van der Waals surface area contributed by atoms with Gasteiger partial charge in [0.2, 0.25) is 0 Å². The van der Waals surface area contributed by atoms with Gasteiger partial charge >= 0.3 is 12.1 Å². The highest BCUT2D eigenvalue weighted by atomic mass is 19.4. The lowest BCUT2D eigenvalue weighted by atomic mass is 9.86. The van der Waals surface area contributed by atoms with Gasteiger partial charge in [-0.15, -0.1) is 0 Å². The first-order valence-electron chi connectivity index (χ1n) is 10.8. The van der Waals surface area contributed by atoms with E-state index in [0.29, 0.717) is 56.2 Å². The minimum atomic E-state index is -4.53. The lowest BCUT2D eigenvalue weighted by Crippen LogP contribution is -2.37. The second kappa shape index (κ2) is 9.06. The van der Waals surface area contributed by atoms with Gasteiger partial charge < -0.3 is 19.7 Å². The maximum absolute atomic E-state index is 13.2. The second-order valence-corrected chi connectivity index (χ2v) is 8.68. The topological polar surface area (TPSA) is 67.9 Å². The van der Waals surface area contributed by atoms with E-state index in [1.807, 2.05) is 4.90 Å². The summed E-state index contributed by atoms with van der Waals surface area (Å²) in [5.41, 5.74) is -0.322. The van der Waals surface area contributed by atoms with E-state index in [4.69, 9.17) is 9.47 Å². The molecule has 0 radical (unpaired) electrons. The fourth-order valence-electron chi connectivity index (χ4n) is 5.12. The molecule has 0 spiro atoms. The number of alkyl halides is 3. The first kappa shape index (κ1) is 21.9. The number of benzene rings is 1. The van der Waals surface area contributed by atoms with Crippen molar-refractivity contribution in [2.24, 2.45) is 17.8 Å². The van der Waals surface area contributed by atoms with Gasteiger partial charge in [0.05, 0.1) is 30.2 Å². The molecule has 2 bridgehead atoms. The molecule has 31 heavy (non-hydrogen) atoms. The van der Waals surface area contributed by atoms with E-state index in [2.05, 4.69) is 5.32 Å². The van der Waals surface area contributed by atoms with Crippen LogP contribution in [0.3, 0.4) is 0 Å². The number of carbonyl (C=O) groups excluding carboxylic acids is 2. The molecule has 6 nitrogen and oxygen atoms in total. The molecule has 3 aliphatic rings. The van der Waals surface area contributed by atoms with Crippen molar-refractivity contribution < 1.29 is 32.2 Å². The van der Waals surface area contributed by atoms with E-state index in [9.17, 15) is 22.8 Å². The number of rotatable bonds is 6. The third-order valence-electron chi connectivity index (χ3n) is 6.63. The van der Waals surface area contributed by atoms with Crippen LogP contribution in [0.15, 0.2) is 18.2 Å². The van der Waals surface area contributed by atoms with Crippen molar-refractivity contribution in [3.63, 3.8) is 0 Å². The Bertz CT molecular complexity index is 823. The highest BCUT2D eigenvalue weighted by Crippen LogP contribution is 2.49. The number of amides is 1. The van der Waals surface area contributed by atoms with E-state index in [0.717, 1.165) is 25.0 Å². The number of halogens is 3. The lowest BCUT2D eigenvalue weighted by molar-refractivity contribution is -0.148. The Balaban J connectivity index is 1.37. The smallest absolute Gasteiger partial charge is 0.416 e. The average molecular weight is 440 g/mol. The Morgan fingerprint density at radius 1 is 1.16 bits per heavy atom. The Hall–Kier alpha value is -2.29. The second-order valence-electron chi connectivity index (χ2n) is 8.68. The molecular weight excluding hydrogens is 413 g/mol. The van der Waals surface area contributed by atoms with Gasteiger partial charge in [-0.05, 0) is 55.2 Å². The van der Waals surface area contributed by atoms with Gasteiger partial charge in [-0.25, -0.2) is 0 Å². The molecular formula is C22H27F3N2O4. The van der Waals surface area contributed by atoms with Gasteiger partial charge in [0.1, 0.15) is 0 Å². The van der Waals surface area contributed by atoms with Crippen LogP contribution in [0.1, 0.15) is 37.7 Å². The number of morpholine rings is 1. The maximum atomic E-state index is 13.2. The molecule has 4 rings (SSSR count). The third kappa shape index (κ3) is 5.31. The number of esters is 1.